The Morgan fingerprint density at radius 1 is 1.30 bits per heavy atom. The van der Waals surface area contributed by atoms with Gasteiger partial charge in [0.2, 0.25) is 5.88 Å². The van der Waals surface area contributed by atoms with Crippen LogP contribution in [0, 0.1) is 0 Å². The van der Waals surface area contributed by atoms with Crippen LogP contribution < -0.4 is 14.8 Å². The van der Waals surface area contributed by atoms with E-state index < -0.39 is 0 Å². The number of aromatic nitrogens is 2. The van der Waals surface area contributed by atoms with Crippen molar-refractivity contribution in [3.63, 3.8) is 0 Å². The molecule has 0 unspecified atom stereocenters. The number of hydrogen-bond acceptors (Lipinski definition) is 6. The molecule has 1 aromatic carbocycles. The molecule has 23 heavy (non-hydrogen) atoms. The lowest BCUT2D eigenvalue weighted by atomic mass is 10.2. The molecular weight excluding hydrogens is 314 g/mol. The Morgan fingerprint density at radius 2 is 2.17 bits per heavy atom. The first-order valence-corrected chi connectivity index (χ1v) is 7.87. The lowest BCUT2D eigenvalue weighted by Gasteiger charge is -2.07. The molecule has 118 valence electrons. The average Bonchev–Trinajstić information content (AvgIpc) is 2.97. The molecule has 1 amide bonds. The second-order valence-electron chi connectivity index (χ2n) is 4.57. The number of carbonyl (C=O) groups is 1. The predicted molar refractivity (Wildman–Crippen MR) is 89.5 cm³/mol. The predicted octanol–water partition coefficient (Wildman–Crippen LogP) is 3.35. The van der Waals surface area contributed by atoms with Crippen molar-refractivity contribution in [2.24, 2.45) is 0 Å². The number of hydrogen-bond donors (Lipinski definition) is 1. The van der Waals surface area contributed by atoms with Crippen molar-refractivity contribution in [2.75, 3.05) is 19.0 Å². The van der Waals surface area contributed by atoms with Crippen molar-refractivity contribution in [1.29, 1.82) is 0 Å². The molecule has 0 saturated heterocycles. The van der Waals surface area contributed by atoms with Gasteiger partial charge in [-0.05, 0) is 31.2 Å². The van der Waals surface area contributed by atoms with Crippen LogP contribution in [0.15, 0.2) is 36.5 Å². The van der Waals surface area contributed by atoms with Gasteiger partial charge in [0.15, 0.2) is 5.13 Å². The first kappa shape index (κ1) is 15.2. The molecule has 1 N–H and O–H groups in total. The summed E-state index contributed by atoms with van der Waals surface area (Å²) in [5.41, 5.74) is 1.10. The van der Waals surface area contributed by atoms with Crippen LogP contribution in [0.5, 0.6) is 11.6 Å². The largest absolute Gasteiger partial charge is 0.494 e. The van der Waals surface area contributed by atoms with Crippen LogP contribution >= 0.6 is 11.3 Å². The summed E-state index contributed by atoms with van der Waals surface area (Å²) in [6, 6.07) is 9.02. The van der Waals surface area contributed by atoms with Crippen LogP contribution in [0.4, 0.5) is 5.13 Å². The first-order chi connectivity index (χ1) is 11.2. The van der Waals surface area contributed by atoms with Gasteiger partial charge in [0.1, 0.15) is 16.8 Å². The highest BCUT2D eigenvalue weighted by molar-refractivity contribution is 7.22. The second-order valence-corrected chi connectivity index (χ2v) is 5.60. The fourth-order valence-electron chi connectivity index (χ4n) is 2.12. The molecule has 3 aromatic rings. The maximum atomic E-state index is 12.4. The molecule has 0 aliphatic rings. The Bertz CT molecular complexity index is 847. The van der Waals surface area contributed by atoms with Crippen LogP contribution in [0.3, 0.4) is 0 Å². The standard InChI is InChI=1S/C16H15N3O3S/c1-3-22-15-10(6-5-9-17-15)14(20)19-16-18-13-11(21-2)7-4-8-12(13)23-16/h4-9H,3H2,1-2H3,(H,18,19,20). The molecule has 0 aliphatic carbocycles. The summed E-state index contributed by atoms with van der Waals surface area (Å²) in [6.07, 6.45) is 1.59. The number of nitrogens with zero attached hydrogens (tertiary/aromatic N) is 2. The molecule has 0 spiro atoms. The van der Waals surface area contributed by atoms with E-state index in [2.05, 4.69) is 15.3 Å². The average molecular weight is 329 g/mol. The SMILES string of the molecule is CCOc1ncccc1C(=O)Nc1nc2c(OC)cccc2s1. The fourth-order valence-corrected chi connectivity index (χ4v) is 3.00. The van der Waals surface area contributed by atoms with Crippen LogP contribution in [-0.2, 0) is 0 Å². The lowest BCUT2D eigenvalue weighted by molar-refractivity contribution is 0.102. The molecule has 6 nitrogen and oxygen atoms in total. The third-order valence-electron chi connectivity index (χ3n) is 3.12. The van der Waals surface area contributed by atoms with Gasteiger partial charge in [-0.3, -0.25) is 10.1 Å². The molecular formula is C16H15N3O3S. The first-order valence-electron chi connectivity index (χ1n) is 7.05. The molecule has 2 heterocycles. The Balaban J connectivity index is 1.89. The quantitative estimate of drug-likeness (QED) is 0.777. The highest BCUT2D eigenvalue weighted by Gasteiger charge is 2.16. The fraction of sp³-hybridized carbons (Fsp3) is 0.188. The summed E-state index contributed by atoms with van der Waals surface area (Å²) in [4.78, 5) is 21.0. The highest BCUT2D eigenvalue weighted by Crippen LogP contribution is 2.32. The van der Waals surface area contributed by atoms with Gasteiger partial charge >= 0.3 is 0 Å². The second kappa shape index (κ2) is 6.62. The summed E-state index contributed by atoms with van der Waals surface area (Å²) in [5, 5.41) is 3.29. The third kappa shape index (κ3) is 3.09. The zero-order valence-corrected chi connectivity index (χ0v) is 13.5. The van der Waals surface area contributed by atoms with Gasteiger partial charge in [-0.1, -0.05) is 17.4 Å². The lowest BCUT2D eigenvalue weighted by Crippen LogP contribution is -2.14. The minimum Gasteiger partial charge on any atom is -0.494 e. The van der Waals surface area contributed by atoms with E-state index >= 15 is 0 Å². The van der Waals surface area contributed by atoms with E-state index in [-0.39, 0.29) is 5.91 Å². The molecule has 0 atom stereocenters. The number of ether oxygens (including phenoxy) is 2. The monoisotopic (exact) mass is 329 g/mol. The minimum atomic E-state index is -0.306. The zero-order valence-electron chi connectivity index (χ0n) is 12.7. The van der Waals surface area contributed by atoms with Crippen LogP contribution in [0.25, 0.3) is 10.2 Å². The van der Waals surface area contributed by atoms with Crippen molar-refractivity contribution in [1.82, 2.24) is 9.97 Å². The van der Waals surface area contributed by atoms with E-state index in [1.165, 1.54) is 11.3 Å². The van der Waals surface area contributed by atoms with Gasteiger partial charge in [0, 0.05) is 6.20 Å². The van der Waals surface area contributed by atoms with Gasteiger partial charge in [-0.2, -0.15) is 0 Å². The zero-order chi connectivity index (χ0) is 16.2. The van der Waals surface area contributed by atoms with Crippen molar-refractivity contribution < 1.29 is 14.3 Å². The van der Waals surface area contributed by atoms with E-state index in [0.717, 1.165) is 10.2 Å². The maximum absolute atomic E-state index is 12.4. The number of fused-ring (bicyclic) bond motifs is 1. The summed E-state index contributed by atoms with van der Waals surface area (Å²) in [5.74, 6) is 0.682. The van der Waals surface area contributed by atoms with Gasteiger partial charge in [-0.15, -0.1) is 0 Å². The summed E-state index contributed by atoms with van der Waals surface area (Å²) in [6.45, 7) is 2.28. The number of benzene rings is 1. The molecule has 3 rings (SSSR count). The number of para-hydroxylation sites is 1. The molecule has 0 saturated carbocycles. The van der Waals surface area contributed by atoms with Gasteiger partial charge in [0.25, 0.3) is 5.91 Å². The van der Waals surface area contributed by atoms with Crippen molar-refractivity contribution in [2.45, 2.75) is 6.92 Å². The molecule has 0 aliphatic heterocycles. The normalized spacial score (nSPS) is 10.5. The smallest absolute Gasteiger partial charge is 0.262 e. The number of carbonyl (C=O) groups excluding carboxylic acids is 1. The number of pyridine rings is 1. The van der Waals surface area contributed by atoms with Crippen LogP contribution in [0.1, 0.15) is 17.3 Å². The van der Waals surface area contributed by atoms with E-state index in [9.17, 15) is 4.79 Å². The Hall–Kier alpha value is -2.67. The van der Waals surface area contributed by atoms with Crippen LogP contribution in [0.2, 0.25) is 0 Å². The summed E-state index contributed by atoms with van der Waals surface area (Å²) < 4.78 is 11.6. The van der Waals surface area contributed by atoms with E-state index in [0.29, 0.717) is 28.9 Å². The highest BCUT2D eigenvalue weighted by atomic mass is 32.1. The van der Waals surface area contributed by atoms with Crippen LogP contribution in [-0.4, -0.2) is 29.6 Å². The van der Waals surface area contributed by atoms with Crippen molar-refractivity contribution in [3.8, 4) is 11.6 Å². The summed E-state index contributed by atoms with van der Waals surface area (Å²) in [7, 11) is 1.59. The van der Waals surface area contributed by atoms with Gasteiger partial charge < -0.3 is 9.47 Å². The maximum Gasteiger partial charge on any atom is 0.262 e. The number of nitrogens with one attached hydrogen (secondary N) is 1. The van der Waals surface area contributed by atoms with E-state index in [1.807, 2.05) is 25.1 Å². The number of thiazole rings is 1. The summed E-state index contributed by atoms with van der Waals surface area (Å²) >= 11 is 1.38. The minimum absolute atomic E-state index is 0.306. The van der Waals surface area contributed by atoms with Crippen molar-refractivity contribution >= 4 is 32.6 Å². The van der Waals surface area contributed by atoms with Crippen molar-refractivity contribution in [3.05, 3.63) is 42.1 Å². The van der Waals surface area contributed by atoms with Gasteiger partial charge in [-0.25, -0.2) is 9.97 Å². The molecule has 7 heteroatoms. The molecule has 2 aromatic heterocycles. The number of methoxy groups -OCH3 is 1. The number of rotatable bonds is 5. The third-order valence-corrected chi connectivity index (χ3v) is 4.06. The van der Waals surface area contributed by atoms with E-state index in [4.69, 9.17) is 9.47 Å². The number of amides is 1. The molecule has 0 fully saturated rings. The van der Waals surface area contributed by atoms with Gasteiger partial charge in [0.05, 0.1) is 18.4 Å². The Labute approximate surface area is 137 Å². The molecule has 0 bridgehead atoms. The number of anilines is 1. The Morgan fingerprint density at radius 3 is 2.96 bits per heavy atom. The molecule has 0 radical (unpaired) electrons. The Kier molecular flexibility index (Phi) is 4.38. The van der Waals surface area contributed by atoms with E-state index in [1.54, 1.807) is 25.4 Å². The topological polar surface area (TPSA) is 73.3 Å².